The van der Waals surface area contributed by atoms with Crippen molar-refractivity contribution in [3.63, 3.8) is 0 Å². The topological polar surface area (TPSA) is 54.5 Å². The second kappa shape index (κ2) is 7.76. The Morgan fingerprint density at radius 2 is 1.57 bits per heavy atom. The Morgan fingerprint density at radius 1 is 0.821 bits per heavy atom. The van der Waals surface area contributed by atoms with E-state index in [0.717, 1.165) is 43.1 Å². The summed E-state index contributed by atoms with van der Waals surface area (Å²) in [6.07, 6.45) is 3.22. The van der Waals surface area contributed by atoms with Crippen molar-refractivity contribution in [3.8, 4) is 0 Å². The van der Waals surface area contributed by atoms with Crippen LogP contribution in [0.4, 0.5) is 0 Å². The molecule has 144 valence electrons. The maximum absolute atomic E-state index is 12.9. The predicted octanol–water partition coefficient (Wildman–Crippen LogP) is 4.44. The number of rotatable bonds is 4. The van der Waals surface area contributed by atoms with Crippen LogP contribution in [0.25, 0.3) is 10.8 Å². The molecule has 0 radical (unpaired) electrons. The Morgan fingerprint density at radius 3 is 2.36 bits per heavy atom. The molecule has 3 aromatic carbocycles. The van der Waals surface area contributed by atoms with E-state index in [4.69, 9.17) is 0 Å². The lowest BCUT2D eigenvalue weighted by Gasteiger charge is -2.26. The molecule has 0 N–H and O–H groups in total. The van der Waals surface area contributed by atoms with Crippen molar-refractivity contribution < 1.29 is 13.2 Å². The number of likely N-dealkylation sites (tertiary alicyclic amines) is 1. The lowest BCUT2D eigenvalue weighted by Crippen LogP contribution is -2.35. The molecule has 0 spiro atoms. The number of benzene rings is 3. The van der Waals surface area contributed by atoms with E-state index in [1.165, 1.54) is 0 Å². The van der Waals surface area contributed by atoms with Gasteiger partial charge in [-0.1, -0.05) is 42.5 Å². The zero-order chi connectivity index (χ0) is 19.6. The molecule has 28 heavy (non-hydrogen) atoms. The normalized spacial score (nSPS) is 14.9. The number of carbonyl (C=O) groups excluding carboxylic acids is 1. The van der Waals surface area contributed by atoms with Crippen LogP contribution < -0.4 is 0 Å². The third-order valence-corrected chi connectivity index (χ3v) is 6.94. The first-order valence-corrected chi connectivity index (χ1v) is 11.3. The summed E-state index contributed by atoms with van der Waals surface area (Å²) in [5, 5.41) is 1.91. The molecule has 4 rings (SSSR count). The molecule has 5 heteroatoms. The van der Waals surface area contributed by atoms with Crippen molar-refractivity contribution in [2.24, 2.45) is 0 Å². The number of carbonyl (C=O) groups is 1. The molecule has 1 heterocycles. The lowest BCUT2D eigenvalue weighted by atomic mass is 10.1. The summed E-state index contributed by atoms with van der Waals surface area (Å²) in [6, 6.07) is 19.9. The van der Waals surface area contributed by atoms with Crippen LogP contribution in [-0.2, 0) is 15.6 Å². The van der Waals surface area contributed by atoms with E-state index in [1.54, 1.807) is 36.4 Å². The van der Waals surface area contributed by atoms with Gasteiger partial charge in [-0.25, -0.2) is 8.42 Å². The van der Waals surface area contributed by atoms with Gasteiger partial charge in [0.25, 0.3) is 5.91 Å². The first-order chi connectivity index (χ1) is 13.5. The number of amides is 1. The van der Waals surface area contributed by atoms with Gasteiger partial charge in [-0.2, -0.15) is 0 Å². The van der Waals surface area contributed by atoms with Crippen molar-refractivity contribution in [3.05, 3.63) is 77.9 Å². The van der Waals surface area contributed by atoms with Crippen molar-refractivity contribution in [1.82, 2.24) is 4.90 Å². The molecule has 0 atom stereocenters. The molecule has 0 bridgehead atoms. The average molecular weight is 394 g/mol. The smallest absolute Gasteiger partial charge is 0.253 e. The van der Waals surface area contributed by atoms with Crippen LogP contribution in [0.3, 0.4) is 0 Å². The molecule has 0 aromatic heterocycles. The molecular formula is C23H23NO3S. The third-order valence-electron chi connectivity index (χ3n) is 5.25. The molecule has 1 aliphatic rings. The Kier molecular flexibility index (Phi) is 5.18. The number of hydrogen-bond donors (Lipinski definition) is 0. The van der Waals surface area contributed by atoms with E-state index in [-0.39, 0.29) is 11.7 Å². The van der Waals surface area contributed by atoms with Gasteiger partial charge in [0, 0.05) is 18.7 Å². The highest BCUT2D eigenvalue weighted by molar-refractivity contribution is 7.90. The molecule has 3 aromatic rings. The summed E-state index contributed by atoms with van der Waals surface area (Å²) in [6.45, 7) is 1.55. The first-order valence-electron chi connectivity index (χ1n) is 9.63. The van der Waals surface area contributed by atoms with Crippen LogP contribution in [0, 0.1) is 0 Å². The van der Waals surface area contributed by atoms with E-state index in [9.17, 15) is 13.2 Å². The number of sulfone groups is 1. The van der Waals surface area contributed by atoms with E-state index in [1.807, 2.05) is 35.2 Å². The lowest BCUT2D eigenvalue weighted by molar-refractivity contribution is 0.0724. The molecule has 1 fully saturated rings. The van der Waals surface area contributed by atoms with E-state index >= 15 is 0 Å². The summed E-state index contributed by atoms with van der Waals surface area (Å²) < 4.78 is 25.9. The van der Waals surface area contributed by atoms with E-state index in [2.05, 4.69) is 0 Å². The summed E-state index contributed by atoms with van der Waals surface area (Å²) in [7, 11) is -3.50. The van der Waals surface area contributed by atoms with Gasteiger partial charge in [-0.3, -0.25) is 4.79 Å². The Labute approximate surface area is 165 Å². The summed E-state index contributed by atoms with van der Waals surface area (Å²) in [5.41, 5.74) is 1.20. The van der Waals surface area contributed by atoms with Crippen LogP contribution in [0.15, 0.2) is 71.6 Å². The summed E-state index contributed by atoms with van der Waals surface area (Å²) in [5.74, 6) is -0.128. The SMILES string of the molecule is O=C(c1cccc(CS(=O)(=O)c2ccc3ccccc3c2)c1)N1CCCCC1. The average Bonchev–Trinajstić information content (AvgIpc) is 2.73. The van der Waals surface area contributed by atoms with Gasteiger partial charge in [0.1, 0.15) is 0 Å². The van der Waals surface area contributed by atoms with Crippen molar-refractivity contribution in [2.45, 2.75) is 29.9 Å². The van der Waals surface area contributed by atoms with Gasteiger partial charge in [-0.15, -0.1) is 0 Å². The number of fused-ring (bicyclic) bond motifs is 1. The van der Waals surface area contributed by atoms with Gasteiger partial charge >= 0.3 is 0 Å². The Balaban J connectivity index is 1.58. The van der Waals surface area contributed by atoms with Crippen LogP contribution in [-0.4, -0.2) is 32.3 Å². The predicted molar refractivity (Wildman–Crippen MR) is 111 cm³/mol. The Hall–Kier alpha value is -2.66. The van der Waals surface area contributed by atoms with Gasteiger partial charge in [0.2, 0.25) is 0 Å². The minimum absolute atomic E-state index is 0.00958. The van der Waals surface area contributed by atoms with Gasteiger partial charge in [0.05, 0.1) is 10.6 Å². The largest absolute Gasteiger partial charge is 0.339 e. The van der Waals surface area contributed by atoms with E-state index < -0.39 is 9.84 Å². The monoisotopic (exact) mass is 393 g/mol. The fraction of sp³-hybridized carbons (Fsp3) is 0.261. The summed E-state index contributed by atoms with van der Waals surface area (Å²) in [4.78, 5) is 14.9. The van der Waals surface area contributed by atoms with Crippen molar-refractivity contribution in [1.29, 1.82) is 0 Å². The molecular weight excluding hydrogens is 370 g/mol. The zero-order valence-corrected chi connectivity index (χ0v) is 16.5. The minimum atomic E-state index is -3.50. The molecule has 0 saturated carbocycles. The highest BCUT2D eigenvalue weighted by atomic mass is 32.2. The number of piperidine rings is 1. The highest BCUT2D eigenvalue weighted by Crippen LogP contribution is 2.23. The number of nitrogens with zero attached hydrogens (tertiary/aromatic N) is 1. The molecule has 1 amide bonds. The van der Waals surface area contributed by atoms with Gasteiger partial charge in [-0.05, 0) is 59.9 Å². The van der Waals surface area contributed by atoms with Crippen molar-refractivity contribution in [2.75, 3.05) is 13.1 Å². The fourth-order valence-corrected chi connectivity index (χ4v) is 5.10. The molecule has 4 nitrogen and oxygen atoms in total. The van der Waals surface area contributed by atoms with Gasteiger partial charge < -0.3 is 4.90 Å². The molecule has 1 aliphatic heterocycles. The van der Waals surface area contributed by atoms with Gasteiger partial charge in [0.15, 0.2) is 9.84 Å². The maximum atomic E-state index is 12.9. The van der Waals surface area contributed by atoms with Crippen LogP contribution >= 0.6 is 0 Å². The molecule has 1 saturated heterocycles. The molecule has 0 aliphatic carbocycles. The van der Waals surface area contributed by atoms with Crippen LogP contribution in [0.5, 0.6) is 0 Å². The summed E-state index contributed by atoms with van der Waals surface area (Å²) >= 11 is 0. The standard InChI is InChI=1S/C23H23NO3S/c25-23(24-13-4-1-5-14-24)21-10-6-7-18(15-21)17-28(26,27)22-12-11-19-8-2-3-9-20(19)16-22/h2-3,6-12,15-16H,1,4-5,13-14,17H2. The fourth-order valence-electron chi connectivity index (χ4n) is 3.74. The third kappa shape index (κ3) is 3.94. The van der Waals surface area contributed by atoms with Crippen LogP contribution in [0.2, 0.25) is 0 Å². The minimum Gasteiger partial charge on any atom is -0.339 e. The van der Waals surface area contributed by atoms with E-state index in [0.29, 0.717) is 16.0 Å². The number of hydrogen-bond acceptors (Lipinski definition) is 3. The second-order valence-corrected chi connectivity index (χ2v) is 9.31. The highest BCUT2D eigenvalue weighted by Gasteiger charge is 2.20. The molecule has 0 unspecified atom stereocenters. The van der Waals surface area contributed by atoms with Crippen LogP contribution in [0.1, 0.15) is 35.2 Å². The van der Waals surface area contributed by atoms with Crippen molar-refractivity contribution >= 4 is 26.5 Å². The first kappa shape index (κ1) is 18.7. The zero-order valence-electron chi connectivity index (χ0n) is 15.7. The Bertz CT molecular complexity index is 1120. The second-order valence-electron chi connectivity index (χ2n) is 7.32. The quantitative estimate of drug-likeness (QED) is 0.658. The maximum Gasteiger partial charge on any atom is 0.253 e.